The van der Waals surface area contributed by atoms with Crippen LogP contribution in [0.3, 0.4) is 0 Å². The number of carbonyl (C=O) groups is 1. The minimum Gasteiger partial charge on any atom is -0.267 e. The molecule has 1 N–H and O–H groups in total. The van der Waals surface area contributed by atoms with Crippen molar-refractivity contribution in [2.45, 2.75) is 6.92 Å². The van der Waals surface area contributed by atoms with Gasteiger partial charge in [-0.15, -0.1) is 0 Å². The summed E-state index contributed by atoms with van der Waals surface area (Å²) in [5.74, 6) is -0.427. The minimum absolute atomic E-state index is 0.0210. The van der Waals surface area contributed by atoms with Gasteiger partial charge in [0.05, 0.1) is 11.1 Å². The van der Waals surface area contributed by atoms with Crippen LogP contribution in [0.25, 0.3) is 21.5 Å². The molecule has 4 aromatic carbocycles. The second kappa shape index (κ2) is 7.52. The van der Waals surface area contributed by atoms with Crippen LogP contribution >= 0.6 is 0 Å². The van der Waals surface area contributed by atoms with Crippen LogP contribution < -0.4 is 5.43 Å². The molecule has 0 aromatic heterocycles. The average Bonchev–Trinajstić information content (AvgIpc) is 2.72. The second-order valence-electron chi connectivity index (χ2n) is 6.69. The molecule has 6 nitrogen and oxygen atoms in total. The maximum absolute atomic E-state index is 12.4. The molecule has 0 saturated carbocycles. The summed E-state index contributed by atoms with van der Waals surface area (Å²) in [6.45, 7) is 1.60. The van der Waals surface area contributed by atoms with Crippen LogP contribution in [0.5, 0.6) is 0 Å². The molecule has 0 spiro atoms. The quantitative estimate of drug-likeness (QED) is 0.234. The highest BCUT2D eigenvalue weighted by atomic mass is 16.6. The number of aryl methyl sites for hydroxylation is 1. The van der Waals surface area contributed by atoms with E-state index in [2.05, 4.69) is 16.6 Å². The van der Waals surface area contributed by atoms with Crippen LogP contribution in [-0.2, 0) is 0 Å². The van der Waals surface area contributed by atoms with E-state index < -0.39 is 10.8 Å². The lowest BCUT2D eigenvalue weighted by Crippen LogP contribution is -2.17. The Labute approximate surface area is 166 Å². The number of amides is 1. The third-order valence-corrected chi connectivity index (χ3v) is 4.83. The standard InChI is InChI=1S/C23H17N3O3/c1-15-12-18(10-11-22(15)26(28)29)23(27)25-24-14-21-19-8-4-2-6-16(19)13-17-7-3-5-9-20(17)21/h2-14H,1H3,(H,25,27)/b24-14+. The van der Waals surface area contributed by atoms with E-state index in [4.69, 9.17) is 0 Å². The third-order valence-electron chi connectivity index (χ3n) is 4.83. The van der Waals surface area contributed by atoms with Gasteiger partial charge in [-0.2, -0.15) is 5.10 Å². The van der Waals surface area contributed by atoms with Crippen LogP contribution in [0.1, 0.15) is 21.5 Å². The first-order valence-corrected chi connectivity index (χ1v) is 9.03. The van der Waals surface area contributed by atoms with Crippen molar-refractivity contribution in [2.75, 3.05) is 0 Å². The van der Waals surface area contributed by atoms with Gasteiger partial charge in [0, 0.05) is 22.8 Å². The SMILES string of the molecule is Cc1cc(C(=O)N/N=C/c2c3ccccc3cc3ccccc23)ccc1[N+](=O)[O-]. The van der Waals surface area contributed by atoms with E-state index in [1.165, 1.54) is 18.2 Å². The van der Waals surface area contributed by atoms with Crippen molar-refractivity contribution in [3.8, 4) is 0 Å². The van der Waals surface area contributed by atoms with E-state index in [-0.39, 0.29) is 5.69 Å². The molecule has 0 atom stereocenters. The van der Waals surface area contributed by atoms with Crippen molar-refractivity contribution in [3.63, 3.8) is 0 Å². The average molecular weight is 383 g/mol. The van der Waals surface area contributed by atoms with Gasteiger partial charge in [-0.1, -0.05) is 48.5 Å². The molecule has 1 amide bonds. The van der Waals surface area contributed by atoms with E-state index in [9.17, 15) is 14.9 Å². The first-order chi connectivity index (χ1) is 14.0. The maximum atomic E-state index is 12.4. The van der Waals surface area contributed by atoms with Crippen molar-refractivity contribution in [2.24, 2.45) is 5.10 Å². The van der Waals surface area contributed by atoms with E-state index in [0.29, 0.717) is 11.1 Å². The van der Waals surface area contributed by atoms with Gasteiger partial charge < -0.3 is 0 Å². The molecule has 0 saturated heterocycles. The molecule has 29 heavy (non-hydrogen) atoms. The fourth-order valence-corrected chi connectivity index (χ4v) is 3.41. The van der Waals surface area contributed by atoms with E-state index in [1.807, 2.05) is 48.5 Å². The molecule has 0 aliphatic rings. The number of nitrogens with zero attached hydrogens (tertiary/aromatic N) is 2. The van der Waals surface area contributed by atoms with Gasteiger partial charge in [0.2, 0.25) is 0 Å². The molecule has 142 valence electrons. The van der Waals surface area contributed by atoms with Gasteiger partial charge in [0.15, 0.2) is 0 Å². The van der Waals surface area contributed by atoms with Gasteiger partial charge in [-0.25, -0.2) is 5.43 Å². The smallest absolute Gasteiger partial charge is 0.267 e. The molecule has 0 radical (unpaired) electrons. The first kappa shape index (κ1) is 18.3. The molecule has 0 bridgehead atoms. The van der Waals surface area contributed by atoms with E-state index >= 15 is 0 Å². The number of benzene rings is 4. The van der Waals surface area contributed by atoms with E-state index in [1.54, 1.807) is 13.1 Å². The zero-order valence-corrected chi connectivity index (χ0v) is 15.6. The zero-order valence-electron chi connectivity index (χ0n) is 15.6. The van der Waals surface area contributed by atoms with Gasteiger partial charge in [-0.3, -0.25) is 14.9 Å². The number of hydrazone groups is 1. The predicted molar refractivity (Wildman–Crippen MR) is 114 cm³/mol. The summed E-state index contributed by atoms with van der Waals surface area (Å²) in [5, 5.41) is 19.3. The molecule has 0 unspecified atom stereocenters. The molecule has 6 heteroatoms. The molecule has 0 heterocycles. The van der Waals surface area contributed by atoms with Crippen LogP contribution in [-0.4, -0.2) is 17.0 Å². The lowest BCUT2D eigenvalue weighted by Gasteiger charge is -2.08. The van der Waals surface area contributed by atoms with Crippen molar-refractivity contribution in [1.82, 2.24) is 5.43 Å². The summed E-state index contributed by atoms with van der Waals surface area (Å²) in [7, 11) is 0. The van der Waals surface area contributed by atoms with Crippen LogP contribution in [0.4, 0.5) is 5.69 Å². The number of hydrogen-bond donors (Lipinski definition) is 1. The van der Waals surface area contributed by atoms with Crippen LogP contribution in [0, 0.1) is 17.0 Å². The zero-order chi connectivity index (χ0) is 20.4. The summed E-state index contributed by atoms with van der Waals surface area (Å²) in [4.78, 5) is 22.9. The Kier molecular flexibility index (Phi) is 4.75. The Balaban J connectivity index is 1.65. The summed E-state index contributed by atoms with van der Waals surface area (Å²) in [6.07, 6.45) is 1.64. The van der Waals surface area contributed by atoms with Gasteiger partial charge in [0.25, 0.3) is 11.6 Å². The molecule has 4 rings (SSSR count). The Morgan fingerprint density at radius 2 is 1.59 bits per heavy atom. The van der Waals surface area contributed by atoms with Crippen molar-refractivity contribution >= 4 is 39.4 Å². The second-order valence-corrected chi connectivity index (χ2v) is 6.69. The third kappa shape index (κ3) is 3.55. The number of nitro benzene ring substituents is 1. The van der Waals surface area contributed by atoms with Crippen molar-refractivity contribution in [1.29, 1.82) is 0 Å². The number of nitrogens with one attached hydrogen (secondary N) is 1. The monoisotopic (exact) mass is 383 g/mol. The lowest BCUT2D eigenvalue weighted by molar-refractivity contribution is -0.385. The number of hydrogen-bond acceptors (Lipinski definition) is 4. The number of nitro groups is 1. The Morgan fingerprint density at radius 1 is 0.966 bits per heavy atom. The van der Waals surface area contributed by atoms with Gasteiger partial charge in [0.1, 0.15) is 0 Å². The Bertz CT molecular complexity index is 1240. The fourth-order valence-electron chi connectivity index (χ4n) is 3.41. The van der Waals surface area contributed by atoms with Gasteiger partial charge in [-0.05, 0) is 46.7 Å². The molecular formula is C23H17N3O3. The summed E-state index contributed by atoms with van der Waals surface area (Å²) < 4.78 is 0. The molecular weight excluding hydrogens is 366 g/mol. The van der Waals surface area contributed by atoms with Crippen molar-refractivity contribution in [3.05, 3.63) is 99.6 Å². The van der Waals surface area contributed by atoms with Crippen LogP contribution in [0.15, 0.2) is 77.9 Å². The van der Waals surface area contributed by atoms with Gasteiger partial charge >= 0.3 is 0 Å². The number of rotatable bonds is 4. The largest absolute Gasteiger partial charge is 0.272 e. The molecule has 0 aliphatic heterocycles. The maximum Gasteiger partial charge on any atom is 0.272 e. The fraction of sp³-hybridized carbons (Fsp3) is 0.0435. The van der Waals surface area contributed by atoms with E-state index in [0.717, 1.165) is 27.1 Å². The summed E-state index contributed by atoms with van der Waals surface area (Å²) >= 11 is 0. The highest BCUT2D eigenvalue weighted by Gasteiger charge is 2.13. The van der Waals surface area contributed by atoms with Crippen LogP contribution in [0.2, 0.25) is 0 Å². The Hall–Kier alpha value is -4.06. The molecule has 0 fully saturated rings. The summed E-state index contributed by atoms with van der Waals surface area (Å²) in [6, 6.07) is 22.4. The highest BCUT2D eigenvalue weighted by Crippen LogP contribution is 2.27. The normalized spacial score (nSPS) is 11.2. The molecule has 0 aliphatic carbocycles. The summed E-state index contributed by atoms with van der Waals surface area (Å²) in [5.41, 5.74) is 4.14. The number of fused-ring (bicyclic) bond motifs is 2. The minimum atomic E-state index is -0.471. The number of carbonyl (C=O) groups excluding carboxylic acids is 1. The topological polar surface area (TPSA) is 84.6 Å². The first-order valence-electron chi connectivity index (χ1n) is 9.03. The predicted octanol–water partition coefficient (Wildman–Crippen LogP) is 4.97. The molecule has 4 aromatic rings. The Morgan fingerprint density at radius 3 is 2.17 bits per heavy atom. The highest BCUT2D eigenvalue weighted by molar-refractivity contribution is 6.13. The van der Waals surface area contributed by atoms with Crippen molar-refractivity contribution < 1.29 is 9.72 Å². The lowest BCUT2D eigenvalue weighted by atomic mass is 9.97.